The zero-order chi connectivity index (χ0) is 12.4. The molecule has 0 aliphatic carbocycles. The molecule has 5 heteroatoms. The maximum atomic E-state index is 10.2. The van der Waals surface area contributed by atoms with Gasteiger partial charge in [-0.3, -0.25) is 0 Å². The molecule has 0 bridgehead atoms. The molecule has 0 fully saturated rings. The number of aromatic nitrogens is 1. The van der Waals surface area contributed by atoms with Gasteiger partial charge in [0.15, 0.2) is 0 Å². The van der Waals surface area contributed by atoms with Crippen molar-refractivity contribution in [2.75, 3.05) is 0 Å². The standard InChI is InChI=1S/C12H8Cl3NO/c13-8-3-1-2-7(6-8)11(17)9-4-5-10(14)16-12(9)15/h1-6,11,17H. The van der Waals surface area contributed by atoms with Crippen LogP contribution >= 0.6 is 34.8 Å². The van der Waals surface area contributed by atoms with Gasteiger partial charge in [-0.2, -0.15) is 0 Å². The molecule has 2 nitrogen and oxygen atoms in total. The van der Waals surface area contributed by atoms with Crippen LogP contribution in [0.2, 0.25) is 15.3 Å². The predicted molar refractivity (Wildman–Crippen MR) is 69.8 cm³/mol. The quantitative estimate of drug-likeness (QED) is 0.843. The topological polar surface area (TPSA) is 33.1 Å². The van der Waals surface area contributed by atoms with Gasteiger partial charge in [0.25, 0.3) is 0 Å². The molecule has 1 aromatic carbocycles. The van der Waals surface area contributed by atoms with Crippen LogP contribution < -0.4 is 0 Å². The summed E-state index contributed by atoms with van der Waals surface area (Å²) in [5.74, 6) is 0. The van der Waals surface area contributed by atoms with Gasteiger partial charge in [0, 0.05) is 10.6 Å². The highest BCUT2D eigenvalue weighted by atomic mass is 35.5. The van der Waals surface area contributed by atoms with Gasteiger partial charge in [-0.05, 0) is 29.8 Å². The number of aliphatic hydroxyl groups excluding tert-OH is 1. The maximum absolute atomic E-state index is 10.2. The van der Waals surface area contributed by atoms with Crippen molar-refractivity contribution in [1.82, 2.24) is 4.98 Å². The van der Waals surface area contributed by atoms with Crippen molar-refractivity contribution >= 4 is 34.8 Å². The molecule has 1 atom stereocenters. The van der Waals surface area contributed by atoms with Crippen molar-refractivity contribution in [1.29, 1.82) is 0 Å². The van der Waals surface area contributed by atoms with Crippen molar-refractivity contribution in [3.8, 4) is 0 Å². The van der Waals surface area contributed by atoms with Gasteiger partial charge in [-0.1, -0.05) is 46.9 Å². The molecule has 0 aliphatic heterocycles. The average Bonchev–Trinajstić information content (AvgIpc) is 2.28. The Hall–Kier alpha value is -0.800. The van der Waals surface area contributed by atoms with Crippen molar-refractivity contribution in [2.24, 2.45) is 0 Å². The van der Waals surface area contributed by atoms with Gasteiger partial charge in [-0.25, -0.2) is 4.98 Å². The van der Waals surface area contributed by atoms with Crippen LogP contribution in [0.5, 0.6) is 0 Å². The molecule has 0 saturated carbocycles. The van der Waals surface area contributed by atoms with E-state index in [0.717, 1.165) is 0 Å². The van der Waals surface area contributed by atoms with E-state index in [-0.39, 0.29) is 10.3 Å². The molecule has 1 aromatic heterocycles. The van der Waals surface area contributed by atoms with Gasteiger partial charge in [0.2, 0.25) is 0 Å². The molecule has 0 spiro atoms. The molecule has 2 rings (SSSR count). The van der Waals surface area contributed by atoms with Crippen LogP contribution in [0.15, 0.2) is 36.4 Å². The second-order valence-corrected chi connectivity index (χ2v) is 4.65. The third-order valence-corrected chi connectivity index (χ3v) is 3.05. The Balaban J connectivity index is 2.40. The van der Waals surface area contributed by atoms with Gasteiger partial charge in [0.05, 0.1) is 0 Å². The molecule has 1 heterocycles. The van der Waals surface area contributed by atoms with E-state index in [9.17, 15) is 5.11 Å². The molecule has 2 aromatic rings. The van der Waals surface area contributed by atoms with E-state index in [0.29, 0.717) is 16.1 Å². The maximum Gasteiger partial charge on any atom is 0.136 e. The number of nitrogens with zero attached hydrogens (tertiary/aromatic N) is 1. The van der Waals surface area contributed by atoms with Crippen LogP contribution in [-0.2, 0) is 0 Å². The first-order valence-electron chi connectivity index (χ1n) is 4.83. The zero-order valence-electron chi connectivity index (χ0n) is 8.57. The van der Waals surface area contributed by atoms with Crippen LogP contribution in [0.25, 0.3) is 0 Å². The molecule has 1 unspecified atom stereocenters. The third kappa shape index (κ3) is 2.90. The van der Waals surface area contributed by atoms with E-state index in [1.54, 1.807) is 36.4 Å². The van der Waals surface area contributed by atoms with Gasteiger partial charge < -0.3 is 5.11 Å². The molecule has 0 aliphatic rings. The van der Waals surface area contributed by atoms with Gasteiger partial charge in [0.1, 0.15) is 16.4 Å². The van der Waals surface area contributed by atoms with Crippen LogP contribution in [-0.4, -0.2) is 10.1 Å². The summed E-state index contributed by atoms with van der Waals surface area (Å²) in [6.07, 6.45) is -0.869. The first kappa shape index (κ1) is 12.7. The summed E-state index contributed by atoms with van der Waals surface area (Å²) in [6.45, 7) is 0. The van der Waals surface area contributed by atoms with Crippen molar-refractivity contribution < 1.29 is 5.11 Å². The van der Waals surface area contributed by atoms with Crippen LogP contribution in [0.3, 0.4) is 0 Å². The fourth-order valence-corrected chi connectivity index (χ4v) is 2.13. The minimum Gasteiger partial charge on any atom is -0.384 e. The summed E-state index contributed by atoms with van der Waals surface area (Å²) in [5, 5.41) is 11.2. The number of hydrogen-bond donors (Lipinski definition) is 1. The summed E-state index contributed by atoms with van der Waals surface area (Å²) in [7, 11) is 0. The summed E-state index contributed by atoms with van der Waals surface area (Å²) in [6, 6.07) is 10.2. The van der Waals surface area contributed by atoms with Crippen molar-refractivity contribution in [2.45, 2.75) is 6.10 Å². The first-order valence-corrected chi connectivity index (χ1v) is 5.97. The highest BCUT2D eigenvalue weighted by Crippen LogP contribution is 2.29. The van der Waals surface area contributed by atoms with Gasteiger partial charge in [-0.15, -0.1) is 0 Å². The number of benzene rings is 1. The minimum absolute atomic E-state index is 0.185. The monoisotopic (exact) mass is 287 g/mol. The fourth-order valence-electron chi connectivity index (χ4n) is 1.48. The predicted octanol–water partition coefficient (Wildman–Crippen LogP) is 4.12. The van der Waals surface area contributed by atoms with E-state index in [2.05, 4.69) is 4.98 Å². The number of aliphatic hydroxyl groups is 1. The Bertz CT molecular complexity index is 545. The molecule has 1 N–H and O–H groups in total. The normalized spacial score (nSPS) is 12.5. The van der Waals surface area contributed by atoms with Crippen molar-refractivity contribution in [3.63, 3.8) is 0 Å². The summed E-state index contributed by atoms with van der Waals surface area (Å²) in [4.78, 5) is 3.88. The molecular weight excluding hydrogens is 280 g/mol. The molecule has 0 amide bonds. The fraction of sp³-hybridized carbons (Fsp3) is 0.0833. The molecule has 17 heavy (non-hydrogen) atoms. The Morgan fingerprint density at radius 1 is 1.06 bits per heavy atom. The highest BCUT2D eigenvalue weighted by Gasteiger charge is 2.15. The Morgan fingerprint density at radius 3 is 2.47 bits per heavy atom. The summed E-state index contributed by atoms with van der Waals surface area (Å²) < 4.78 is 0. The van der Waals surface area contributed by atoms with E-state index in [1.807, 2.05) is 0 Å². The van der Waals surface area contributed by atoms with Crippen LogP contribution in [0.1, 0.15) is 17.2 Å². The lowest BCUT2D eigenvalue weighted by Gasteiger charge is -2.12. The smallest absolute Gasteiger partial charge is 0.136 e. The molecule has 0 radical (unpaired) electrons. The van der Waals surface area contributed by atoms with Crippen molar-refractivity contribution in [3.05, 3.63) is 62.9 Å². The van der Waals surface area contributed by atoms with Crippen LogP contribution in [0, 0.1) is 0 Å². The largest absolute Gasteiger partial charge is 0.384 e. The second kappa shape index (κ2) is 5.23. The van der Waals surface area contributed by atoms with E-state index in [1.165, 1.54) is 0 Å². The minimum atomic E-state index is -0.869. The number of hydrogen-bond acceptors (Lipinski definition) is 2. The second-order valence-electron chi connectivity index (χ2n) is 3.47. The third-order valence-electron chi connectivity index (χ3n) is 2.30. The van der Waals surface area contributed by atoms with Crippen LogP contribution in [0.4, 0.5) is 0 Å². The Kier molecular flexibility index (Phi) is 3.89. The lowest BCUT2D eigenvalue weighted by Crippen LogP contribution is -2.01. The van der Waals surface area contributed by atoms with E-state index >= 15 is 0 Å². The lowest BCUT2D eigenvalue weighted by atomic mass is 10.0. The zero-order valence-corrected chi connectivity index (χ0v) is 10.8. The number of rotatable bonds is 2. The number of halogens is 3. The first-order chi connectivity index (χ1) is 8.08. The van der Waals surface area contributed by atoms with E-state index < -0.39 is 6.10 Å². The molecule has 88 valence electrons. The molecule has 0 saturated heterocycles. The highest BCUT2D eigenvalue weighted by molar-refractivity contribution is 6.33. The lowest BCUT2D eigenvalue weighted by molar-refractivity contribution is 0.220. The average molecular weight is 289 g/mol. The Morgan fingerprint density at radius 2 is 1.82 bits per heavy atom. The summed E-state index contributed by atoms with van der Waals surface area (Å²) >= 11 is 17.5. The summed E-state index contributed by atoms with van der Waals surface area (Å²) in [5.41, 5.74) is 1.15. The van der Waals surface area contributed by atoms with E-state index in [4.69, 9.17) is 34.8 Å². The number of pyridine rings is 1. The Labute approximate surface area is 114 Å². The SMILES string of the molecule is OC(c1cccc(Cl)c1)c1ccc(Cl)nc1Cl. The van der Waals surface area contributed by atoms with Gasteiger partial charge >= 0.3 is 0 Å². The molecular formula is C12H8Cl3NO.